The molecule has 2 amide bonds. The zero-order valence-corrected chi connectivity index (χ0v) is 30.2. The molecule has 0 aliphatic rings. The van der Waals surface area contributed by atoms with Crippen molar-refractivity contribution in [1.82, 2.24) is 10.6 Å². The minimum atomic E-state index is -1.44. The molecular formula is C38H35N5O13. The van der Waals surface area contributed by atoms with Crippen LogP contribution in [0, 0.1) is 34.6 Å². The molecule has 0 saturated heterocycles. The maximum absolute atomic E-state index is 13.3. The van der Waals surface area contributed by atoms with E-state index in [0.29, 0.717) is 0 Å². The van der Waals surface area contributed by atoms with Gasteiger partial charge >= 0.3 is 23.9 Å². The number of nitrogens with zero attached hydrogens (tertiary/aromatic N) is 3. The highest BCUT2D eigenvalue weighted by atomic mass is 16.6. The summed E-state index contributed by atoms with van der Waals surface area (Å²) in [5.41, 5.74) is 0.181. The van der Waals surface area contributed by atoms with Crippen LogP contribution in [0.25, 0.3) is 0 Å². The minimum absolute atomic E-state index is 0.0420. The molecule has 0 heterocycles. The van der Waals surface area contributed by atoms with E-state index in [1.165, 1.54) is 112 Å². The fraction of sp³-hybridized carbons (Fsp3) is 0.289. The first-order valence-corrected chi connectivity index (χ1v) is 16.7. The maximum Gasteiger partial charge on any atom is 0.352 e. The topological polar surface area (TPSA) is 262 Å². The Hall–Kier alpha value is -7.65. The zero-order valence-electron chi connectivity index (χ0n) is 30.2. The number of carbonyl (C=O) groups is 6. The normalized spacial score (nSPS) is 12.2. The van der Waals surface area contributed by atoms with Crippen LogP contribution < -0.4 is 29.6 Å². The van der Waals surface area contributed by atoms with Crippen molar-refractivity contribution in [2.75, 3.05) is 6.54 Å². The standard InChI is InChI=1S/C38H35N5O13/c1-23(53-36(47)26-7-11-28(12-8-26)50-20-39)33(44)42-19-5-4-6-32(38(49)55-25(3)35(46)56-31-17-15-30(16-18-31)52-22-41)43-34(45)24(2)54-37(48)27-9-13-29(14-10-27)51-21-40/h7-18,23-25,32H,4-6,19H2,1-3H3,(H,42,44)(H,43,45). The van der Waals surface area contributed by atoms with Crippen LogP contribution in [0.4, 0.5) is 0 Å². The third-order valence-corrected chi connectivity index (χ3v) is 7.46. The quantitative estimate of drug-likeness (QED) is 0.0582. The molecule has 0 aromatic heterocycles. The average Bonchev–Trinajstić information content (AvgIpc) is 3.18. The lowest BCUT2D eigenvalue weighted by Gasteiger charge is -2.22. The van der Waals surface area contributed by atoms with Gasteiger partial charge in [0, 0.05) is 6.54 Å². The fourth-order valence-electron chi connectivity index (χ4n) is 4.49. The summed E-state index contributed by atoms with van der Waals surface area (Å²) in [7, 11) is 0. The van der Waals surface area contributed by atoms with Crippen LogP contribution in [-0.4, -0.2) is 66.6 Å². The molecule has 3 aromatic carbocycles. The van der Waals surface area contributed by atoms with Crippen LogP contribution in [0.5, 0.6) is 23.0 Å². The molecule has 3 rings (SSSR count). The monoisotopic (exact) mass is 769 g/mol. The van der Waals surface area contributed by atoms with Crippen LogP contribution in [-0.2, 0) is 33.4 Å². The lowest BCUT2D eigenvalue weighted by Crippen LogP contribution is -2.47. The Balaban J connectivity index is 1.58. The van der Waals surface area contributed by atoms with Gasteiger partial charge in [0.1, 0.15) is 29.0 Å². The molecule has 4 atom stereocenters. The molecule has 0 aliphatic carbocycles. The predicted octanol–water partition coefficient (Wildman–Crippen LogP) is 3.37. The number of rotatable bonds is 19. The smallest absolute Gasteiger partial charge is 0.352 e. The van der Waals surface area contributed by atoms with Crippen molar-refractivity contribution in [3.63, 3.8) is 0 Å². The summed E-state index contributed by atoms with van der Waals surface area (Å²) >= 11 is 0. The molecule has 0 radical (unpaired) electrons. The van der Waals surface area contributed by atoms with Crippen molar-refractivity contribution >= 4 is 35.7 Å². The van der Waals surface area contributed by atoms with Crippen LogP contribution in [0.2, 0.25) is 0 Å². The van der Waals surface area contributed by atoms with Gasteiger partial charge in [-0.25, -0.2) is 19.2 Å². The third kappa shape index (κ3) is 13.7. The van der Waals surface area contributed by atoms with Gasteiger partial charge in [0.25, 0.3) is 30.6 Å². The molecule has 0 saturated carbocycles. The number of unbranched alkanes of at least 4 members (excludes halogenated alkanes) is 1. The Kier molecular flexibility index (Phi) is 16.6. The highest BCUT2D eigenvalue weighted by molar-refractivity contribution is 5.94. The van der Waals surface area contributed by atoms with Crippen molar-refractivity contribution in [2.24, 2.45) is 0 Å². The average molecular weight is 770 g/mol. The number of carbonyl (C=O) groups excluding carboxylic acids is 6. The van der Waals surface area contributed by atoms with Gasteiger partial charge in [0.05, 0.1) is 11.1 Å². The van der Waals surface area contributed by atoms with Gasteiger partial charge in [0.2, 0.25) is 0 Å². The number of nitriles is 3. The molecule has 3 aromatic rings. The lowest BCUT2D eigenvalue weighted by molar-refractivity contribution is -0.163. The summed E-state index contributed by atoms with van der Waals surface area (Å²) in [4.78, 5) is 76.7. The van der Waals surface area contributed by atoms with Crippen molar-refractivity contribution in [2.45, 2.75) is 64.4 Å². The van der Waals surface area contributed by atoms with Crippen molar-refractivity contribution in [3.05, 3.63) is 83.9 Å². The first-order valence-electron chi connectivity index (χ1n) is 16.7. The fourth-order valence-corrected chi connectivity index (χ4v) is 4.49. The lowest BCUT2D eigenvalue weighted by atomic mass is 10.1. The van der Waals surface area contributed by atoms with Gasteiger partial charge in [-0.15, -0.1) is 15.8 Å². The molecule has 0 fully saturated rings. The van der Waals surface area contributed by atoms with Crippen molar-refractivity contribution < 1.29 is 61.9 Å². The van der Waals surface area contributed by atoms with E-state index in [2.05, 4.69) is 24.8 Å². The van der Waals surface area contributed by atoms with E-state index in [0.717, 1.165) is 0 Å². The van der Waals surface area contributed by atoms with E-state index >= 15 is 0 Å². The number of amides is 2. The van der Waals surface area contributed by atoms with Crippen LogP contribution in [0.15, 0.2) is 72.8 Å². The molecule has 18 heteroatoms. The van der Waals surface area contributed by atoms with Gasteiger partial charge in [-0.3, -0.25) is 9.59 Å². The van der Waals surface area contributed by atoms with Gasteiger partial charge in [-0.1, -0.05) is 0 Å². The van der Waals surface area contributed by atoms with E-state index in [1.807, 2.05) is 0 Å². The second-order valence-electron chi connectivity index (χ2n) is 11.5. The number of esters is 4. The first kappa shape index (κ1) is 42.8. The Morgan fingerprint density at radius 1 is 0.554 bits per heavy atom. The van der Waals surface area contributed by atoms with Crippen LogP contribution in [0.1, 0.15) is 60.7 Å². The number of hydrogen-bond acceptors (Lipinski definition) is 16. The number of ether oxygens (including phenoxy) is 7. The maximum atomic E-state index is 13.3. The van der Waals surface area contributed by atoms with Gasteiger partial charge in [-0.05, 0) is 113 Å². The summed E-state index contributed by atoms with van der Waals surface area (Å²) in [5, 5.41) is 30.9. The van der Waals surface area contributed by atoms with Gasteiger partial charge in [0.15, 0.2) is 18.3 Å². The molecule has 4 unspecified atom stereocenters. The first-order chi connectivity index (χ1) is 26.8. The zero-order chi connectivity index (χ0) is 41.0. The Morgan fingerprint density at radius 3 is 1.45 bits per heavy atom. The molecule has 0 bridgehead atoms. The number of nitrogens with one attached hydrogen (secondary N) is 2. The predicted molar refractivity (Wildman–Crippen MR) is 188 cm³/mol. The molecule has 0 aliphatic heterocycles. The SMILES string of the molecule is CC(OC(=O)c1ccc(OC#N)cc1)C(=O)NCCCCC(NC(=O)C(C)OC(=O)c1ccc(OC#N)cc1)C(=O)OC(C)C(=O)Oc1ccc(OC#N)cc1. The third-order valence-electron chi connectivity index (χ3n) is 7.46. The van der Waals surface area contributed by atoms with E-state index in [9.17, 15) is 28.8 Å². The van der Waals surface area contributed by atoms with E-state index in [-0.39, 0.29) is 59.9 Å². The highest BCUT2D eigenvalue weighted by Gasteiger charge is 2.30. The largest absolute Gasteiger partial charge is 0.449 e. The van der Waals surface area contributed by atoms with Gasteiger partial charge < -0.3 is 43.8 Å². The molecule has 0 spiro atoms. The van der Waals surface area contributed by atoms with E-state index in [1.54, 1.807) is 0 Å². The Bertz CT molecular complexity index is 1980. The van der Waals surface area contributed by atoms with E-state index < -0.39 is 60.0 Å². The van der Waals surface area contributed by atoms with Crippen LogP contribution >= 0.6 is 0 Å². The number of benzene rings is 3. The molecule has 290 valence electrons. The second kappa shape index (κ2) is 21.8. The summed E-state index contributed by atoms with van der Waals surface area (Å²) in [6.07, 6.45) is 0.983. The summed E-state index contributed by atoms with van der Waals surface area (Å²) in [6.45, 7) is 3.99. The van der Waals surface area contributed by atoms with Crippen molar-refractivity contribution in [3.8, 4) is 41.8 Å². The Labute approximate surface area is 320 Å². The summed E-state index contributed by atoms with van der Waals surface area (Å²) < 4.78 is 35.0. The van der Waals surface area contributed by atoms with E-state index in [4.69, 9.17) is 34.7 Å². The highest BCUT2D eigenvalue weighted by Crippen LogP contribution is 2.19. The molecule has 2 N–H and O–H groups in total. The molecule has 56 heavy (non-hydrogen) atoms. The second-order valence-corrected chi connectivity index (χ2v) is 11.5. The van der Waals surface area contributed by atoms with Crippen molar-refractivity contribution in [1.29, 1.82) is 15.8 Å². The van der Waals surface area contributed by atoms with Gasteiger partial charge in [-0.2, -0.15) is 0 Å². The number of hydrogen-bond donors (Lipinski definition) is 2. The van der Waals surface area contributed by atoms with Crippen LogP contribution in [0.3, 0.4) is 0 Å². The molecular weight excluding hydrogens is 734 g/mol. The minimum Gasteiger partial charge on any atom is -0.449 e. The molecule has 18 nitrogen and oxygen atoms in total. The Morgan fingerprint density at radius 2 is 0.982 bits per heavy atom. The summed E-state index contributed by atoms with van der Waals surface area (Å²) in [5.74, 6) is -4.40. The summed E-state index contributed by atoms with van der Waals surface area (Å²) in [6, 6.07) is 15.0.